The predicted molar refractivity (Wildman–Crippen MR) is 100 cm³/mol. The van der Waals surface area contributed by atoms with E-state index in [0.29, 0.717) is 23.2 Å². The lowest BCUT2D eigenvalue weighted by atomic mass is 10.0. The molecule has 4 rings (SSSR count). The SMILES string of the molecule is O=C1NCCN(C(=O)CCN2C(=O)c3ccccc3C2=O)C1c1ccc(F)cc1. The molecule has 2 aliphatic rings. The summed E-state index contributed by atoms with van der Waals surface area (Å²) >= 11 is 0. The highest BCUT2D eigenvalue weighted by molar-refractivity contribution is 6.21. The van der Waals surface area contributed by atoms with E-state index in [-0.39, 0.29) is 31.3 Å². The van der Waals surface area contributed by atoms with E-state index in [0.717, 1.165) is 4.90 Å². The van der Waals surface area contributed by atoms with Crippen LogP contribution in [0.4, 0.5) is 4.39 Å². The van der Waals surface area contributed by atoms with E-state index in [9.17, 15) is 23.6 Å². The van der Waals surface area contributed by atoms with Gasteiger partial charge >= 0.3 is 0 Å². The molecule has 0 spiro atoms. The largest absolute Gasteiger partial charge is 0.352 e. The first-order valence-electron chi connectivity index (χ1n) is 9.25. The van der Waals surface area contributed by atoms with Gasteiger partial charge in [-0.15, -0.1) is 0 Å². The van der Waals surface area contributed by atoms with E-state index in [4.69, 9.17) is 0 Å². The van der Waals surface area contributed by atoms with Crippen LogP contribution in [0.15, 0.2) is 48.5 Å². The molecule has 0 radical (unpaired) electrons. The van der Waals surface area contributed by atoms with Gasteiger partial charge in [0.25, 0.3) is 11.8 Å². The highest BCUT2D eigenvalue weighted by atomic mass is 19.1. The first-order valence-corrected chi connectivity index (χ1v) is 9.25. The molecule has 1 atom stereocenters. The maximum atomic E-state index is 13.2. The van der Waals surface area contributed by atoms with Gasteiger partial charge in [-0.2, -0.15) is 0 Å². The van der Waals surface area contributed by atoms with Crippen molar-refractivity contribution in [2.75, 3.05) is 19.6 Å². The fourth-order valence-corrected chi connectivity index (χ4v) is 3.71. The van der Waals surface area contributed by atoms with E-state index in [1.807, 2.05) is 0 Å². The smallest absolute Gasteiger partial charge is 0.261 e. The number of piperazine rings is 1. The second kappa shape index (κ2) is 7.46. The molecular weight excluding hydrogens is 377 g/mol. The fourth-order valence-electron chi connectivity index (χ4n) is 3.71. The molecule has 7 nitrogen and oxygen atoms in total. The number of carbonyl (C=O) groups excluding carboxylic acids is 4. The summed E-state index contributed by atoms with van der Waals surface area (Å²) in [4.78, 5) is 52.6. The lowest BCUT2D eigenvalue weighted by molar-refractivity contribution is -0.143. The quantitative estimate of drug-likeness (QED) is 0.795. The summed E-state index contributed by atoms with van der Waals surface area (Å²) < 4.78 is 13.2. The van der Waals surface area contributed by atoms with Crippen LogP contribution in [-0.2, 0) is 9.59 Å². The van der Waals surface area contributed by atoms with Gasteiger partial charge in [-0.1, -0.05) is 24.3 Å². The lowest BCUT2D eigenvalue weighted by Crippen LogP contribution is -2.52. The van der Waals surface area contributed by atoms with Crippen LogP contribution >= 0.6 is 0 Å². The van der Waals surface area contributed by atoms with Crippen LogP contribution in [0.3, 0.4) is 0 Å². The van der Waals surface area contributed by atoms with Crippen molar-refractivity contribution in [2.24, 2.45) is 0 Å². The molecule has 0 aliphatic carbocycles. The molecule has 0 aromatic heterocycles. The molecule has 1 fully saturated rings. The number of fused-ring (bicyclic) bond motifs is 1. The predicted octanol–water partition coefficient (Wildman–Crippen LogP) is 1.51. The van der Waals surface area contributed by atoms with Gasteiger partial charge in [-0.3, -0.25) is 24.1 Å². The molecule has 1 N–H and O–H groups in total. The van der Waals surface area contributed by atoms with Crippen LogP contribution in [0, 0.1) is 5.82 Å². The zero-order valence-corrected chi connectivity index (χ0v) is 15.4. The molecule has 29 heavy (non-hydrogen) atoms. The molecule has 4 amide bonds. The van der Waals surface area contributed by atoms with Crippen molar-refractivity contribution in [2.45, 2.75) is 12.5 Å². The summed E-state index contributed by atoms with van der Waals surface area (Å²) in [5.74, 6) is -1.99. The standard InChI is InChI=1S/C21H18FN3O4/c22-14-7-5-13(6-8-14)18-19(27)23-10-12-24(18)17(26)9-11-25-20(28)15-3-1-2-4-16(15)21(25)29/h1-8,18H,9-12H2,(H,23,27). The van der Waals surface area contributed by atoms with Crippen molar-refractivity contribution in [1.82, 2.24) is 15.1 Å². The first kappa shape index (κ1) is 18.8. The van der Waals surface area contributed by atoms with Gasteiger partial charge < -0.3 is 10.2 Å². The third-order valence-corrected chi connectivity index (χ3v) is 5.15. The van der Waals surface area contributed by atoms with E-state index in [2.05, 4.69) is 5.32 Å². The van der Waals surface area contributed by atoms with E-state index in [1.54, 1.807) is 24.3 Å². The van der Waals surface area contributed by atoms with E-state index >= 15 is 0 Å². The molecule has 2 aliphatic heterocycles. The summed E-state index contributed by atoms with van der Waals surface area (Å²) in [5, 5.41) is 2.71. The summed E-state index contributed by atoms with van der Waals surface area (Å²) in [6.45, 7) is 0.517. The van der Waals surface area contributed by atoms with Gasteiger partial charge in [0, 0.05) is 26.1 Å². The Morgan fingerprint density at radius 1 is 1.00 bits per heavy atom. The van der Waals surface area contributed by atoms with Crippen LogP contribution in [0.5, 0.6) is 0 Å². The van der Waals surface area contributed by atoms with Crippen molar-refractivity contribution in [3.8, 4) is 0 Å². The maximum absolute atomic E-state index is 13.2. The minimum atomic E-state index is -0.876. The van der Waals surface area contributed by atoms with Crippen LogP contribution in [0.2, 0.25) is 0 Å². The van der Waals surface area contributed by atoms with Crippen molar-refractivity contribution in [1.29, 1.82) is 0 Å². The lowest BCUT2D eigenvalue weighted by Gasteiger charge is -2.35. The summed E-state index contributed by atoms with van der Waals surface area (Å²) in [6, 6.07) is 11.0. The molecule has 2 aromatic rings. The Balaban J connectivity index is 1.49. The summed E-state index contributed by atoms with van der Waals surface area (Å²) in [7, 11) is 0. The second-order valence-corrected chi connectivity index (χ2v) is 6.89. The number of rotatable bonds is 4. The minimum absolute atomic E-state index is 0.0700. The van der Waals surface area contributed by atoms with Gasteiger partial charge in [-0.25, -0.2) is 4.39 Å². The van der Waals surface area contributed by atoms with Crippen LogP contribution < -0.4 is 5.32 Å². The molecule has 148 valence electrons. The fraction of sp³-hybridized carbons (Fsp3) is 0.238. The van der Waals surface area contributed by atoms with Crippen LogP contribution in [0.1, 0.15) is 38.7 Å². The van der Waals surface area contributed by atoms with Gasteiger partial charge in [0.15, 0.2) is 0 Å². The number of hydrogen-bond acceptors (Lipinski definition) is 4. The number of hydrogen-bond donors (Lipinski definition) is 1. The van der Waals surface area contributed by atoms with Crippen molar-refractivity contribution >= 4 is 23.6 Å². The van der Waals surface area contributed by atoms with Crippen LogP contribution in [-0.4, -0.2) is 53.1 Å². The Kier molecular flexibility index (Phi) is 4.84. The number of halogens is 1. The minimum Gasteiger partial charge on any atom is -0.352 e. The highest BCUT2D eigenvalue weighted by Gasteiger charge is 2.37. The molecule has 0 saturated carbocycles. The zero-order chi connectivity index (χ0) is 20.5. The normalized spacial score (nSPS) is 18.7. The number of amides is 4. The third kappa shape index (κ3) is 3.37. The Morgan fingerprint density at radius 2 is 1.62 bits per heavy atom. The molecule has 8 heteroatoms. The summed E-state index contributed by atoms with van der Waals surface area (Å²) in [6.07, 6.45) is -0.101. The topological polar surface area (TPSA) is 86.8 Å². The molecule has 1 saturated heterocycles. The number of carbonyl (C=O) groups is 4. The summed E-state index contributed by atoms with van der Waals surface area (Å²) in [5.41, 5.74) is 1.15. The van der Waals surface area contributed by atoms with Gasteiger partial charge in [-0.05, 0) is 29.8 Å². The molecule has 2 aromatic carbocycles. The van der Waals surface area contributed by atoms with E-state index in [1.165, 1.54) is 29.2 Å². The Labute approximate surface area is 166 Å². The Bertz CT molecular complexity index is 970. The maximum Gasteiger partial charge on any atom is 0.261 e. The number of imide groups is 1. The number of nitrogens with one attached hydrogen (secondary N) is 1. The van der Waals surface area contributed by atoms with Gasteiger partial charge in [0.05, 0.1) is 11.1 Å². The third-order valence-electron chi connectivity index (χ3n) is 5.15. The van der Waals surface area contributed by atoms with Crippen LogP contribution in [0.25, 0.3) is 0 Å². The molecule has 2 heterocycles. The van der Waals surface area contributed by atoms with Gasteiger partial charge in [0.2, 0.25) is 11.8 Å². The average molecular weight is 395 g/mol. The van der Waals surface area contributed by atoms with Crippen molar-refractivity contribution in [3.05, 3.63) is 71.0 Å². The molecule has 0 bridgehead atoms. The Hall–Kier alpha value is -3.55. The number of nitrogens with zero attached hydrogens (tertiary/aromatic N) is 2. The average Bonchev–Trinajstić information content (AvgIpc) is 2.97. The zero-order valence-electron chi connectivity index (χ0n) is 15.4. The molecular formula is C21H18FN3O4. The van der Waals surface area contributed by atoms with Crippen molar-refractivity contribution < 1.29 is 23.6 Å². The second-order valence-electron chi connectivity index (χ2n) is 6.89. The highest BCUT2D eigenvalue weighted by Crippen LogP contribution is 2.26. The first-order chi connectivity index (χ1) is 14.0. The Morgan fingerprint density at radius 3 is 2.24 bits per heavy atom. The van der Waals surface area contributed by atoms with Gasteiger partial charge in [0.1, 0.15) is 11.9 Å². The molecule has 1 unspecified atom stereocenters. The van der Waals surface area contributed by atoms with Crippen molar-refractivity contribution in [3.63, 3.8) is 0 Å². The number of benzene rings is 2. The van der Waals surface area contributed by atoms with E-state index < -0.39 is 23.7 Å². The monoisotopic (exact) mass is 395 g/mol.